The maximum atomic E-state index is 11.7. The fraction of sp³-hybridized carbons (Fsp3) is 0.250. The summed E-state index contributed by atoms with van der Waals surface area (Å²) in [7, 11) is 0. The van der Waals surface area contributed by atoms with Crippen LogP contribution in [0.5, 0.6) is 0 Å². The highest BCUT2D eigenvalue weighted by Gasteiger charge is 2.23. The number of carboxylic acids is 2. The minimum Gasteiger partial charge on any atom is -0.478 e. The number of hydrogen-bond donors (Lipinski definition) is 2. The van der Waals surface area contributed by atoms with Gasteiger partial charge in [-0.15, -0.1) is 0 Å². The Morgan fingerprint density at radius 3 is 2.28 bits per heavy atom. The molecule has 0 bridgehead atoms. The summed E-state index contributed by atoms with van der Waals surface area (Å²) in [6.45, 7) is 14.6. The molecule has 0 saturated carbocycles. The molecule has 1 unspecified atom stereocenters. The van der Waals surface area contributed by atoms with E-state index in [1.807, 2.05) is 48.5 Å². The Hall–Kier alpha value is -5.35. The van der Waals surface area contributed by atoms with Gasteiger partial charge < -0.3 is 24.5 Å². The highest BCUT2D eigenvalue weighted by atomic mass is 16.7. The molecule has 4 rings (SSSR count). The molecule has 1 aliphatic heterocycles. The molecule has 3 aromatic carbocycles. The smallest absolute Gasteiger partial charge is 0.360 e. The minimum absolute atomic E-state index is 0.0168. The van der Waals surface area contributed by atoms with Crippen molar-refractivity contribution in [2.75, 3.05) is 13.2 Å². The van der Waals surface area contributed by atoms with Crippen LogP contribution in [-0.4, -0.2) is 59.6 Å². The molecule has 1 fully saturated rings. The SMILES string of the molecule is C=C(C)C(=O)ON=Cc1c2ccccc2cc2cccc(C=C(CC)C(=O)O)c12.C=C(CCOC(=O)C(=C)CCC1CO1)C(=O)O. The number of benzene rings is 3. The maximum absolute atomic E-state index is 11.7. The third-order valence-corrected chi connectivity index (χ3v) is 7.01. The second-order valence-corrected chi connectivity index (χ2v) is 10.6. The van der Waals surface area contributed by atoms with Gasteiger partial charge in [-0.2, -0.15) is 0 Å². The summed E-state index contributed by atoms with van der Waals surface area (Å²) in [6.07, 6.45) is 5.27. The van der Waals surface area contributed by atoms with Crippen LogP contribution in [0.2, 0.25) is 0 Å². The van der Waals surface area contributed by atoms with Gasteiger partial charge in [-0.3, -0.25) is 0 Å². The first-order chi connectivity index (χ1) is 21.9. The van der Waals surface area contributed by atoms with Gasteiger partial charge in [0.2, 0.25) is 0 Å². The van der Waals surface area contributed by atoms with Gasteiger partial charge in [-0.1, -0.05) is 74.3 Å². The number of hydrogen-bond acceptors (Lipinski definition) is 8. The highest BCUT2D eigenvalue weighted by Crippen LogP contribution is 2.31. The van der Waals surface area contributed by atoms with Crippen LogP contribution in [0.15, 0.2) is 95.7 Å². The molecule has 0 spiro atoms. The van der Waals surface area contributed by atoms with E-state index >= 15 is 0 Å². The van der Waals surface area contributed by atoms with E-state index in [-0.39, 0.29) is 30.3 Å². The van der Waals surface area contributed by atoms with Gasteiger partial charge in [-0.05, 0) is 65.4 Å². The molecular weight excluding hydrogens is 590 g/mol. The number of esters is 1. The molecule has 2 N–H and O–H groups in total. The standard InChI is InChI=1S/C24H21NO4.C12H16O5/c1-4-16(23(26)27)12-18-9-7-10-19-13-17-8-5-6-11-20(17)21(22(18)19)14-25-29-24(28)15(2)3;1-8(11(13)14)5-6-16-12(15)9(2)3-4-10-7-17-10/h5-14H,2,4H2,1,3H3,(H,26,27);10H,1-7H2,(H,13,14). The largest absolute Gasteiger partial charge is 0.478 e. The number of carbonyl (C=O) groups excluding carboxylic acids is 2. The lowest BCUT2D eigenvalue weighted by Gasteiger charge is -2.11. The number of epoxide rings is 1. The summed E-state index contributed by atoms with van der Waals surface area (Å²) in [5.74, 6) is -3.12. The van der Waals surface area contributed by atoms with E-state index < -0.39 is 23.9 Å². The number of aliphatic carboxylic acids is 2. The Labute approximate surface area is 266 Å². The summed E-state index contributed by atoms with van der Waals surface area (Å²) in [5.41, 5.74) is 2.49. The van der Waals surface area contributed by atoms with E-state index in [0.29, 0.717) is 24.0 Å². The van der Waals surface area contributed by atoms with Gasteiger partial charge in [0.1, 0.15) is 0 Å². The normalized spacial score (nSPS) is 13.9. The monoisotopic (exact) mass is 627 g/mol. The van der Waals surface area contributed by atoms with Crippen molar-refractivity contribution in [1.29, 1.82) is 0 Å². The molecule has 3 aromatic rings. The predicted molar refractivity (Wildman–Crippen MR) is 176 cm³/mol. The Bertz CT molecular complexity index is 1740. The van der Waals surface area contributed by atoms with Crippen LogP contribution in [-0.2, 0) is 33.5 Å². The molecular formula is C36H37NO9. The first-order valence-electron chi connectivity index (χ1n) is 14.6. The van der Waals surface area contributed by atoms with Crippen LogP contribution in [0.4, 0.5) is 0 Å². The average molecular weight is 628 g/mol. The molecule has 1 aliphatic rings. The lowest BCUT2D eigenvalue weighted by atomic mass is 9.93. The molecule has 0 aliphatic carbocycles. The van der Waals surface area contributed by atoms with Crippen molar-refractivity contribution < 1.29 is 43.7 Å². The van der Waals surface area contributed by atoms with Crippen LogP contribution >= 0.6 is 0 Å². The number of carboxylic acid groups (broad SMARTS) is 2. The number of fused-ring (bicyclic) bond motifs is 2. The molecule has 1 heterocycles. The van der Waals surface area contributed by atoms with Gasteiger partial charge in [0.15, 0.2) is 0 Å². The van der Waals surface area contributed by atoms with E-state index in [0.717, 1.165) is 45.7 Å². The molecule has 1 saturated heterocycles. The van der Waals surface area contributed by atoms with Gasteiger partial charge >= 0.3 is 23.9 Å². The quantitative estimate of drug-likeness (QED) is 0.0382. The van der Waals surface area contributed by atoms with E-state index in [4.69, 9.17) is 19.4 Å². The third-order valence-electron chi connectivity index (χ3n) is 7.01. The lowest BCUT2D eigenvalue weighted by Crippen LogP contribution is -2.11. The zero-order valence-electron chi connectivity index (χ0n) is 25.9. The van der Waals surface area contributed by atoms with Crippen molar-refractivity contribution in [1.82, 2.24) is 0 Å². The minimum atomic E-state index is -1.08. The van der Waals surface area contributed by atoms with Crippen LogP contribution in [0.1, 0.15) is 50.7 Å². The molecule has 1 atom stereocenters. The van der Waals surface area contributed by atoms with Gasteiger partial charge in [0.05, 0.1) is 25.5 Å². The first-order valence-corrected chi connectivity index (χ1v) is 14.6. The molecule has 0 amide bonds. The topological polar surface area (TPSA) is 152 Å². The fourth-order valence-corrected chi connectivity index (χ4v) is 4.30. The van der Waals surface area contributed by atoms with Crippen molar-refractivity contribution in [3.05, 3.63) is 102 Å². The number of nitrogens with zero attached hydrogens (tertiary/aromatic N) is 1. The molecule has 10 nitrogen and oxygen atoms in total. The molecule has 240 valence electrons. The van der Waals surface area contributed by atoms with Crippen molar-refractivity contribution in [3.63, 3.8) is 0 Å². The molecule has 0 aromatic heterocycles. The van der Waals surface area contributed by atoms with Crippen molar-refractivity contribution >= 4 is 57.7 Å². The van der Waals surface area contributed by atoms with E-state index in [2.05, 4.69) is 24.9 Å². The van der Waals surface area contributed by atoms with Gasteiger partial charge in [-0.25, -0.2) is 19.2 Å². The molecule has 10 heteroatoms. The third kappa shape index (κ3) is 10.1. The maximum Gasteiger partial charge on any atom is 0.360 e. The zero-order chi connectivity index (χ0) is 33.8. The number of oxime groups is 1. The van der Waals surface area contributed by atoms with Gasteiger partial charge in [0, 0.05) is 34.3 Å². The van der Waals surface area contributed by atoms with E-state index in [1.54, 1.807) is 19.9 Å². The number of carbonyl (C=O) groups is 4. The number of ether oxygens (including phenoxy) is 2. The van der Waals surface area contributed by atoms with Crippen molar-refractivity contribution in [3.8, 4) is 0 Å². The molecule has 0 radical (unpaired) electrons. The zero-order valence-corrected chi connectivity index (χ0v) is 25.9. The van der Waals surface area contributed by atoms with Crippen LogP contribution in [0.25, 0.3) is 27.6 Å². The molecule has 46 heavy (non-hydrogen) atoms. The Kier molecular flexibility index (Phi) is 12.7. The Morgan fingerprint density at radius 1 is 0.957 bits per heavy atom. The van der Waals surface area contributed by atoms with Crippen LogP contribution in [0, 0.1) is 0 Å². The highest BCUT2D eigenvalue weighted by molar-refractivity contribution is 6.16. The average Bonchev–Trinajstić information content (AvgIpc) is 3.86. The lowest BCUT2D eigenvalue weighted by molar-refractivity contribution is -0.140. The Morgan fingerprint density at radius 2 is 1.65 bits per heavy atom. The van der Waals surface area contributed by atoms with E-state index in [1.165, 1.54) is 6.21 Å². The summed E-state index contributed by atoms with van der Waals surface area (Å²) in [4.78, 5) is 49.9. The number of rotatable bonds is 14. The second-order valence-electron chi connectivity index (χ2n) is 10.6. The van der Waals surface area contributed by atoms with Crippen molar-refractivity contribution in [2.24, 2.45) is 5.16 Å². The predicted octanol–water partition coefficient (Wildman–Crippen LogP) is 6.62. The Balaban J connectivity index is 0.000000289. The first kappa shape index (κ1) is 35.1. The van der Waals surface area contributed by atoms with Crippen LogP contribution in [0.3, 0.4) is 0 Å². The summed E-state index contributed by atoms with van der Waals surface area (Å²) < 4.78 is 9.88. The fourth-order valence-electron chi connectivity index (χ4n) is 4.30. The van der Waals surface area contributed by atoms with Crippen LogP contribution < -0.4 is 0 Å². The van der Waals surface area contributed by atoms with Crippen molar-refractivity contribution in [2.45, 2.75) is 45.6 Å². The second kappa shape index (κ2) is 16.6. The summed E-state index contributed by atoms with van der Waals surface area (Å²) in [5, 5.41) is 25.5. The van der Waals surface area contributed by atoms with E-state index in [9.17, 15) is 24.3 Å². The summed E-state index contributed by atoms with van der Waals surface area (Å²) in [6, 6.07) is 15.6. The summed E-state index contributed by atoms with van der Waals surface area (Å²) >= 11 is 0. The van der Waals surface area contributed by atoms with Gasteiger partial charge in [0.25, 0.3) is 0 Å².